The molecule has 28 heavy (non-hydrogen) atoms. The van der Waals surface area contributed by atoms with Crippen LogP contribution in [0.3, 0.4) is 0 Å². The summed E-state index contributed by atoms with van der Waals surface area (Å²) in [6, 6.07) is 9.68. The van der Waals surface area contributed by atoms with Crippen LogP contribution < -0.4 is 14.2 Å². The molecule has 0 radical (unpaired) electrons. The van der Waals surface area contributed by atoms with Crippen LogP contribution in [-0.4, -0.2) is 43.8 Å². The molecule has 2 aromatic carbocycles. The number of aromatic hydroxyl groups is 1. The van der Waals surface area contributed by atoms with Gasteiger partial charge in [0.2, 0.25) is 0 Å². The van der Waals surface area contributed by atoms with Gasteiger partial charge in [0.15, 0.2) is 23.0 Å². The van der Waals surface area contributed by atoms with Crippen molar-refractivity contribution in [3.63, 3.8) is 0 Å². The molecule has 148 valence electrons. The Morgan fingerprint density at radius 1 is 0.893 bits per heavy atom. The van der Waals surface area contributed by atoms with Gasteiger partial charge in [-0.15, -0.1) is 0 Å². The average Bonchev–Trinajstić information content (AvgIpc) is 2.71. The third kappa shape index (κ3) is 4.82. The first-order valence-corrected chi connectivity index (χ1v) is 8.40. The van der Waals surface area contributed by atoms with Crippen molar-refractivity contribution in [3.8, 4) is 23.0 Å². The van der Waals surface area contributed by atoms with Crippen molar-refractivity contribution in [2.45, 2.75) is 12.8 Å². The highest BCUT2D eigenvalue weighted by Crippen LogP contribution is 2.30. The molecular weight excluding hydrogens is 364 g/mol. The van der Waals surface area contributed by atoms with Crippen LogP contribution in [-0.2, 0) is 22.4 Å². The highest BCUT2D eigenvalue weighted by Gasteiger charge is 2.17. The van der Waals surface area contributed by atoms with E-state index in [2.05, 4.69) is 0 Å². The van der Waals surface area contributed by atoms with Crippen molar-refractivity contribution < 1.29 is 34.0 Å². The molecule has 2 N–H and O–H groups in total. The number of hydrogen-bond acceptors (Lipinski definition) is 6. The number of carboxylic acid groups (broad SMARTS) is 1. The Morgan fingerprint density at radius 3 is 2.04 bits per heavy atom. The summed E-state index contributed by atoms with van der Waals surface area (Å²) in [5.74, 6) is 0.0281. The lowest BCUT2D eigenvalue weighted by Crippen LogP contribution is -2.10. The lowest BCUT2D eigenvalue weighted by molar-refractivity contribution is -0.133. The van der Waals surface area contributed by atoms with E-state index in [-0.39, 0.29) is 35.5 Å². The van der Waals surface area contributed by atoms with E-state index in [0.29, 0.717) is 28.9 Å². The lowest BCUT2D eigenvalue weighted by atomic mass is 9.95. The maximum absolute atomic E-state index is 11.8. The Kier molecular flexibility index (Phi) is 7.03. The second-order valence-corrected chi connectivity index (χ2v) is 5.98. The van der Waals surface area contributed by atoms with Gasteiger partial charge < -0.3 is 24.4 Å². The largest absolute Gasteiger partial charge is 0.504 e. The number of rotatable bonds is 9. The molecular formula is C21H22O7. The fourth-order valence-electron chi connectivity index (χ4n) is 2.79. The molecule has 0 spiro atoms. The molecule has 0 saturated heterocycles. The van der Waals surface area contributed by atoms with Crippen molar-refractivity contribution in [3.05, 3.63) is 58.7 Å². The van der Waals surface area contributed by atoms with E-state index in [0.717, 1.165) is 0 Å². The number of hydrogen-bond donors (Lipinski definition) is 2. The van der Waals surface area contributed by atoms with Gasteiger partial charge >= 0.3 is 5.97 Å². The van der Waals surface area contributed by atoms with Gasteiger partial charge in [-0.3, -0.25) is 4.79 Å². The van der Waals surface area contributed by atoms with Crippen LogP contribution in [0.25, 0.3) is 0 Å². The smallest absolute Gasteiger partial charge is 0.332 e. The minimum absolute atomic E-state index is 0.00728. The van der Waals surface area contributed by atoms with Gasteiger partial charge in [-0.05, 0) is 35.4 Å². The molecule has 0 aliphatic rings. The topological polar surface area (TPSA) is 102 Å². The zero-order chi connectivity index (χ0) is 20.7. The van der Waals surface area contributed by atoms with Crippen LogP contribution in [0, 0.1) is 0 Å². The first-order chi connectivity index (χ1) is 13.4. The number of carbonyl (C=O) groups is 2. The summed E-state index contributed by atoms with van der Waals surface area (Å²) in [4.78, 5) is 23.5. The number of allylic oxidation sites excluding steroid dienone is 1. The lowest BCUT2D eigenvalue weighted by Gasteiger charge is -2.12. The second-order valence-electron chi connectivity index (χ2n) is 5.98. The molecule has 0 bridgehead atoms. The van der Waals surface area contributed by atoms with Gasteiger partial charge in [0, 0.05) is 24.0 Å². The Bertz CT molecular complexity index is 900. The molecule has 0 unspecified atom stereocenters. The van der Waals surface area contributed by atoms with Crippen LogP contribution in [0.1, 0.15) is 11.1 Å². The quantitative estimate of drug-likeness (QED) is 0.505. The standard InChI is InChI=1S/C21H22O7/c1-26-18-7-5-13(11-20(18)28-3)8-15(12-22)16(21(24)25)9-14-4-6-17(23)19(10-14)27-2/h4-7,10-12,23H,8-9H2,1-3H3,(H,24,25)/b16-15+. The van der Waals surface area contributed by atoms with Crippen molar-refractivity contribution in [1.82, 2.24) is 0 Å². The highest BCUT2D eigenvalue weighted by atomic mass is 16.5. The Balaban J connectivity index is 2.39. The number of aldehydes is 1. The number of carboxylic acids is 1. The van der Waals surface area contributed by atoms with Crippen LogP contribution >= 0.6 is 0 Å². The third-order valence-corrected chi connectivity index (χ3v) is 4.26. The van der Waals surface area contributed by atoms with Crippen molar-refractivity contribution >= 4 is 12.3 Å². The highest BCUT2D eigenvalue weighted by molar-refractivity contribution is 5.95. The minimum atomic E-state index is -1.19. The monoisotopic (exact) mass is 386 g/mol. The van der Waals surface area contributed by atoms with Crippen LogP contribution in [0.5, 0.6) is 23.0 Å². The van der Waals surface area contributed by atoms with Gasteiger partial charge in [-0.1, -0.05) is 12.1 Å². The molecule has 0 aliphatic heterocycles. The Labute approximate surface area is 162 Å². The van der Waals surface area contributed by atoms with Gasteiger partial charge in [0.05, 0.1) is 21.3 Å². The maximum Gasteiger partial charge on any atom is 0.332 e. The van der Waals surface area contributed by atoms with Gasteiger partial charge in [-0.25, -0.2) is 4.79 Å². The number of phenols is 1. The van der Waals surface area contributed by atoms with Crippen molar-refractivity contribution in [2.24, 2.45) is 0 Å². The van der Waals surface area contributed by atoms with Gasteiger partial charge in [0.1, 0.15) is 6.29 Å². The molecule has 0 aliphatic carbocycles. The van der Waals surface area contributed by atoms with E-state index in [4.69, 9.17) is 14.2 Å². The fraction of sp³-hybridized carbons (Fsp3) is 0.238. The van der Waals surface area contributed by atoms with Crippen LogP contribution in [0.4, 0.5) is 0 Å². The summed E-state index contributed by atoms with van der Waals surface area (Å²) in [5.41, 5.74) is 1.42. The SMILES string of the molecule is COc1cc(C/C(C(=O)O)=C(\C=O)Cc2ccc(OC)c(OC)c2)ccc1O. The molecule has 0 amide bonds. The third-order valence-electron chi connectivity index (χ3n) is 4.26. The molecule has 7 heteroatoms. The number of methoxy groups -OCH3 is 3. The molecule has 0 fully saturated rings. The summed E-state index contributed by atoms with van der Waals surface area (Å²) < 4.78 is 15.5. The number of aliphatic carboxylic acids is 1. The fourth-order valence-corrected chi connectivity index (χ4v) is 2.79. The molecule has 0 aromatic heterocycles. The molecule has 2 aromatic rings. The molecule has 0 saturated carbocycles. The maximum atomic E-state index is 11.8. The van der Waals surface area contributed by atoms with E-state index < -0.39 is 5.97 Å². The van der Waals surface area contributed by atoms with Gasteiger partial charge in [-0.2, -0.15) is 0 Å². The van der Waals surface area contributed by atoms with E-state index in [1.165, 1.54) is 33.5 Å². The van der Waals surface area contributed by atoms with Crippen molar-refractivity contribution in [2.75, 3.05) is 21.3 Å². The molecule has 0 atom stereocenters. The summed E-state index contributed by atoms with van der Waals surface area (Å²) in [6.45, 7) is 0. The predicted molar refractivity (Wildman–Crippen MR) is 102 cm³/mol. The number of ether oxygens (including phenoxy) is 3. The number of carbonyl (C=O) groups excluding carboxylic acids is 1. The zero-order valence-corrected chi connectivity index (χ0v) is 15.9. The van der Waals surface area contributed by atoms with E-state index >= 15 is 0 Å². The van der Waals surface area contributed by atoms with Crippen molar-refractivity contribution in [1.29, 1.82) is 0 Å². The normalized spacial score (nSPS) is 11.4. The molecule has 0 heterocycles. The molecule has 7 nitrogen and oxygen atoms in total. The van der Waals surface area contributed by atoms with E-state index in [1.54, 1.807) is 24.3 Å². The zero-order valence-electron chi connectivity index (χ0n) is 15.9. The van der Waals surface area contributed by atoms with Gasteiger partial charge in [0.25, 0.3) is 0 Å². The number of benzene rings is 2. The summed E-state index contributed by atoms with van der Waals surface area (Å²) >= 11 is 0. The second kappa shape index (κ2) is 9.45. The van der Waals surface area contributed by atoms with E-state index in [9.17, 15) is 19.8 Å². The Morgan fingerprint density at radius 2 is 1.46 bits per heavy atom. The molecule has 2 rings (SSSR count). The first-order valence-electron chi connectivity index (χ1n) is 8.40. The first kappa shape index (κ1) is 20.8. The average molecular weight is 386 g/mol. The van der Waals surface area contributed by atoms with E-state index in [1.807, 2.05) is 0 Å². The summed E-state index contributed by atoms with van der Waals surface area (Å²) in [7, 11) is 4.42. The van der Waals surface area contributed by atoms with Crippen LogP contribution in [0.15, 0.2) is 47.5 Å². The van der Waals surface area contributed by atoms with Crippen LogP contribution in [0.2, 0.25) is 0 Å². The number of phenolic OH excluding ortho intramolecular Hbond substituents is 1. The summed E-state index contributed by atoms with van der Waals surface area (Å²) in [6.07, 6.45) is 0.686. The minimum Gasteiger partial charge on any atom is -0.504 e. The predicted octanol–water partition coefficient (Wildman–Crippen LogP) is 2.78. The Hall–Kier alpha value is -3.48. The summed E-state index contributed by atoms with van der Waals surface area (Å²) in [5, 5.41) is 19.3.